The zero-order valence-electron chi connectivity index (χ0n) is 14.2. The van der Waals surface area contributed by atoms with E-state index in [1.807, 2.05) is 24.0 Å². The Morgan fingerprint density at radius 3 is 2.91 bits per heavy atom. The monoisotopic (exact) mass is 314 g/mol. The summed E-state index contributed by atoms with van der Waals surface area (Å²) >= 11 is 0. The van der Waals surface area contributed by atoms with Crippen LogP contribution in [-0.2, 0) is 31.2 Å². The molecule has 124 valence electrons. The smallest absolute Gasteiger partial charge is 0.0993 e. The minimum Gasteiger partial charge on any atom is -0.372 e. The molecule has 5 heteroatoms. The van der Waals surface area contributed by atoms with Crippen LogP contribution >= 0.6 is 0 Å². The predicted molar refractivity (Wildman–Crippen MR) is 90.1 cm³/mol. The molecule has 1 aliphatic rings. The van der Waals surface area contributed by atoms with Gasteiger partial charge in [-0.3, -0.25) is 9.67 Å². The first-order valence-corrected chi connectivity index (χ1v) is 8.53. The molecule has 23 heavy (non-hydrogen) atoms. The van der Waals surface area contributed by atoms with Crippen molar-refractivity contribution in [1.82, 2.24) is 20.1 Å². The molecule has 3 heterocycles. The van der Waals surface area contributed by atoms with E-state index < -0.39 is 0 Å². The molecule has 0 radical (unpaired) electrons. The first-order chi connectivity index (χ1) is 11.2. The molecule has 0 amide bonds. The van der Waals surface area contributed by atoms with E-state index in [1.165, 1.54) is 17.0 Å². The maximum atomic E-state index is 5.94. The molecule has 0 unspecified atom stereocenters. The summed E-state index contributed by atoms with van der Waals surface area (Å²) in [6.45, 7) is 6.01. The van der Waals surface area contributed by atoms with Crippen LogP contribution in [0.3, 0.4) is 0 Å². The Hall–Kier alpha value is -1.72. The highest BCUT2D eigenvalue weighted by atomic mass is 16.5. The van der Waals surface area contributed by atoms with Crippen LogP contribution in [0.2, 0.25) is 0 Å². The van der Waals surface area contributed by atoms with Crippen LogP contribution in [0.1, 0.15) is 48.9 Å². The second-order valence-electron chi connectivity index (χ2n) is 6.06. The lowest BCUT2D eigenvalue weighted by molar-refractivity contribution is 0.0982. The molecule has 0 spiro atoms. The Bertz CT molecular complexity index is 638. The van der Waals surface area contributed by atoms with E-state index in [0.29, 0.717) is 6.04 Å². The number of aryl methyl sites for hydroxylation is 2. The highest BCUT2D eigenvalue weighted by Crippen LogP contribution is 2.29. The Labute approximate surface area is 138 Å². The summed E-state index contributed by atoms with van der Waals surface area (Å²) < 4.78 is 7.96. The number of rotatable bonds is 6. The summed E-state index contributed by atoms with van der Waals surface area (Å²) in [6, 6.07) is 4.39. The Morgan fingerprint density at radius 1 is 1.35 bits per heavy atom. The van der Waals surface area contributed by atoms with Crippen LogP contribution in [0, 0.1) is 0 Å². The third kappa shape index (κ3) is 3.31. The van der Waals surface area contributed by atoms with Gasteiger partial charge in [0.05, 0.1) is 11.8 Å². The second-order valence-corrected chi connectivity index (χ2v) is 6.06. The maximum absolute atomic E-state index is 5.94. The third-order valence-corrected chi connectivity index (χ3v) is 4.67. The Morgan fingerprint density at radius 2 is 2.22 bits per heavy atom. The quantitative estimate of drug-likeness (QED) is 0.890. The third-order valence-electron chi connectivity index (χ3n) is 4.67. The SMILES string of the molecule is CCc1nn(C)c(CC)c1CN[C@H]1CCO[C@@H]1c1cccnc1. The van der Waals surface area contributed by atoms with Crippen molar-refractivity contribution in [3.05, 3.63) is 47.0 Å². The van der Waals surface area contributed by atoms with E-state index >= 15 is 0 Å². The number of hydrogen-bond donors (Lipinski definition) is 1. The molecule has 0 aromatic carbocycles. The molecule has 1 N–H and O–H groups in total. The first-order valence-electron chi connectivity index (χ1n) is 8.53. The molecular weight excluding hydrogens is 288 g/mol. The van der Waals surface area contributed by atoms with Crippen LogP contribution in [0.4, 0.5) is 0 Å². The van der Waals surface area contributed by atoms with E-state index in [-0.39, 0.29) is 6.10 Å². The summed E-state index contributed by atoms with van der Waals surface area (Å²) in [6.07, 6.45) is 6.81. The molecular formula is C18H26N4O. The van der Waals surface area contributed by atoms with Crippen LogP contribution < -0.4 is 5.32 Å². The van der Waals surface area contributed by atoms with Gasteiger partial charge in [-0.1, -0.05) is 19.9 Å². The first kappa shape index (κ1) is 16.1. The Kier molecular flexibility index (Phi) is 5.08. The minimum absolute atomic E-state index is 0.0931. The van der Waals surface area contributed by atoms with Crippen molar-refractivity contribution >= 4 is 0 Å². The fraction of sp³-hybridized carbons (Fsp3) is 0.556. The van der Waals surface area contributed by atoms with Gasteiger partial charge in [0.1, 0.15) is 0 Å². The zero-order chi connectivity index (χ0) is 16.2. The lowest BCUT2D eigenvalue weighted by Crippen LogP contribution is -2.31. The fourth-order valence-electron chi connectivity index (χ4n) is 3.50. The number of ether oxygens (including phenoxy) is 1. The van der Waals surface area contributed by atoms with Crippen molar-refractivity contribution in [3.8, 4) is 0 Å². The molecule has 0 aliphatic carbocycles. The summed E-state index contributed by atoms with van der Waals surface area (Å²) in [5, 5.41) is 8.36. The molecule has 0 bridgehead atoms. The standard InChI is InChI=1S/C18H26N4O/c1-4-15-14(17(5-2)22(3)21-15)12-20-16-8-10-23-18(16)13-7-6-9-19-11-13/h6-7,9,11,16,18,20H,4-5,8,10,12H2,1-3H3/t16-,18+/m0/s1. The molecule has 1 saturated heterocycles. The molecule has 2 aromatic heterocycles. The van der Waals surface area contributed by atoms with E-state index in [9.17, 15) is 0 Å². The molecule has 5 nitrogen and oxygen atoms in total. The van der Waals surface area contributed by atoms with Crippen molar-refractivity contribution in [1.29, 1.82) is 0 Å². The van der Waals surface area contributed by atoms with Gasteiger partial charge in [0.15, 0.2) is 0 Å². The summed E-state index contributed by atoms with van der Waals surface area (Å²) in [4.78, 5) is 4.22. The number of hydrogen-bond acceptors (Lipinski definition) is 4. The summed E-state index contributed by atoms with van der Waals surface area (Å²) in [7, 11) is 2.04. The lowest BCUT2D eigenvalue weighted by atomic mass is 10.0. The van der Waals surface area contributed by atoms with Gasteiger partial charge >= 0.3 is 0 Å². The van der Waals surface area contributed by atoms with Crippen molar-refractivity contribution in [2.45, 2.75) is 51.8 Å². The average Bonchev–Trinajstić information content (AvgIpc) is 3.17. The fourth-order valence-corrected chi connectivity index (χ4v) is 3.50. The Balaban J connectivity index is 1.73. The topological polar surface area (TPSA) is 52.0 Å². The van der Waals surface area contributed by atoms with Crippen LogP contribution in [0.25, 0.3) is 0 Å². The van der Waals surface area contributed by atoms with Gasteiger partial charge in [0.25, 0.3) is 0 Å². The van der Waals surface area contributed by atoms with E-state index in [1.54, 1.807) is 6.20 Å². The number of nitrogens with one attached hydrogen (secondary N) is 1. The van der Waals surface area contributed by atoms with Gasteiger partial charge < -0.3 is 10.1 Å². The predicted octanol–water partition coefficient (Wildman–Crippen LogP) is 2.56. The van der Waals surface area contributed by atoms with Gasteiger partial charge in [-0.2, -0.15) is 5.10 Å². The summed E-state index contributed by atoms with van der Waals surface area (Å²) in [5.74, 6) is 0. The number of aromatic nitrogens is 3. The maximum Gasteiger partial charge on any atom is 0.0993 e. The van der Waals surface area contributed by atoms with Crippen LogP contribution in [-0.4, -0.2) is 27.4 Å². The van der Waals surface area contributed by atoms with Gasteiger partial charge in [0.2, 0.25) is 0 Å². The molecule has 1 aliphatic heterocycles. The molecule has 3 rings (SSSR count). The van der Waals surface area contributed by atoms with Crippen molar-refractivity contribution in [2.75, 3.05) is 6.61 Å². The van der Waals surface area contributed by atoms with E-state index in [2.05, 4.69) is 35.3 Å². The second kappa shape index (κ2) is 7.23. The number of nitrogens with zero attached hydrogens (tertiary/aromatic N) is 3. The highest BCUT2D eigenvalue weighted by Gasteiger charge is 2.30. The van der Waals surface area contributed by atoms with Crippen molar-refractivity contribution in [3.63, 3.8) is 0 Å². The van der Waals surface area contributed by atoms with E-state index in [4.69, 9.17) is 4.74 Å². The highest BCUT2D eigenvalue weighted by molar-refractivity contribution is 5.27. The molecule has 0 saturated carbocycles. The molecule has 1 fully saturated rings. The molecule has 2 atom stereocenters. The van der Waals surface area contributed by atoms with Crippen LogP contribution in [0.5, 0.6) is 0 Å². The number of pyridine rings is 1. The van der Waals surface area contributed by atoms with Gasteiger partial charge in [-0.15, -0.1) is 0 Å². The van der Waals surface area contributed by atoms with Gasteiger partial charge in [-0.25, -0.2) is 0 Å². The van der Waals surface area contributed by atoms with Crippen LogP contribution in [0.15, 0.2) is 24.5 Å². The average molecular weight is 314 g/mol. The largest absolute Gasteiger partial charge is 0.372 e. The summed E-state index contributed by atoms with van der Waals surface area (Å²) in [5.41, 5.74) is 5.04. The zero-order valence-corrected chi connectivity index (χ0v) is 14.2. The van der Waals surface area contributed by atoms with E-state index in [0.717, 1.165) is 38.0 Å². The van der Waals surface area contributed by atoms with Gasteiger partial charge in [0, 0.05) is 55.5 Å². The normalized spacial score (nSPS) is 21.0. The van der Waals surface area contributed by atoms with Crippen molar-refractivity contribution in [2.24, 2.45) is 7.05 Å². The van der Waals surface area contributed by atoms with Crippen molar-refractivity contribution < 1.29 is 4.74 Å². The molecule has 2 aromatic rings. The minimum atomic E-state index is 0.0931. The lowest BCUT2D eigenvalue weighted by Gasteiger charge is -2.20. The van der Waals surface area contributed by atoms with Gasteiger partial charge in [-0.05, 0) is 25.3 Å².